The summed E-state index contributed by atoms with van der Waals surface area (Å²) in [6, 6.07) is 19.1. The van der Waals surface area contributed by atoms with Gasteiger partial charge in [0, 0.05) is 36.7 Å². The summed E-state index contributed by atoms with van der Waals surface area (Å²) in [4.78, 5) is 45.6. The summed E-state index contributed by atoms with van der Waals surface area (Å²) in [5.74, 6) is 1.03. The van der Waals surface area contributed by atoms with Crippen LogP contribution in [0.4, 0.5) is 0 Å². The van der Waals surface area contributed by atoms with Crippen molar-refractivity contribution in [3.05, 3.63) is 96.1 Å². The average Bonchev–Trinajstić information content (AvgIpc) is 2.99. The lowest BCUT2D eigenvalue weighted by Crippen LogP contribution is -2.63. The van der Waals surface area contributed by atoms with Crippen LogP contribution in [-0.2, 0) is 10.3 Å². The van der Waals surface area contributed by atoms with Crippen molar-refractivity contribution in [3.63, 3.8) is 0 Å². The number of Topliss-reactive ketones (excluding diaryl/α,β-unsaturated/α-hetero) is 1. The largest absolute Gasteiger partial charge is 0.331 e. The van der Waals surface area contributed by atoms with Crippen LogP contribution in [0.2, 0.25) is 0 Å². The summed E-state index contributed by atoms with van der Waals surface area (Å²) in [7, 11) is 0. The summed E-state index contributed by atoms with van der Waals surface area (Å²) in [6.45, 7) is 2.71. The number of guanidine groups is 1. The van der Waals surface area contributed by atoms with Crippen molar-refractivity contribution in [2.24, 2.45) is 10.9 Å². The smallest absolute Gasteiger partial charge is 0.232 e. The number of fused-ring (bicyclic) bond motifs is 1. The minimum atomic E-state index is -0.989. The molecule has 8 nitrogen and oxygen atoms in total. The maximum absolute atomic E-state index is 13.9. The number of benzene rings is 1. The molecule has 2 saturated heterocycles. The molecule has 38 heavy (non-hydrogen) atoms. The zero-order valence-corrected chi connectivity index (χ0v) is 21.4. The van der Waals surface area contributed by atoms with Gasteiger partial charge >= 0.3 is 0 Å². The Hall–Kier alpha value is -3.91. The van der Waals surface area contributed by atoms with E-state index in [9.17, 15) is 9.59 Å². The first-order valence-electron chi connectivity index (χ1n) is 13.4. The molecule has 194 valence electrons. The number of aromatic nitrogens is 2. The number of hydrogen-bond acceptors (Lipinski definition) is 7. The Kier molecular flexibility index (Phi) is 6.72. The van der Waals surface area contributed by atoms with Crippen LogP contribution in [0.25, 0.3) is 0 Å². The number of rotatable bonds is 6. The van der Waals surface area contributed by atoms with Gasteiger partial charge in [-0.15, -0.1) is 0 Å². The molecule has 2 fully saturated rings. The number of hydrogen-bond donors (Lipinski definition) is 1. The molecule has 2 unspecified atom stereocenters. The van der Waals surface area contributed by atoms with Gasteiger partial charge in [-0.3, -0.25) is 24.5 Å². The molecule has 8 heteroatoms. The molecule has 3 aliphatic rings. The Morgan fingerprint density at radius 2 is 1.71 bits per heavy atom. The number of nitrogens with one attached hydrogen (secondary N) is 1. The second kappa shape index (κ2) is 10.5. The highest BCUT2D eigenvalue weighted by Gasteiger charge is 2.49. The van der Waals surface area contributed by atoms with Crippen molar-refractivity contribution in [1.82, 2.24) is 25.1 Å². The summed E-state index contributed by atoms with van der Waals surface area (Å²) in [5.41, 5.74) is 1.26. The Balaban J connectivity index is 1.48. The van der Waals surface area contributed by atoms with Gasteiger partial charge in [-0.05, 0) is 68.1 Å². The van der Waals surface area contributed by atoms with Crippen LogP contribution in [0.3, 0.4) is 0 Å². The van der Waals surface area contributed by atoms with Gasteiger partial charge in [0.15, 0.2) is 5.78 Å². The van der Waals surface area contributed by atoms with E-state index >= 15 is 0 Å². The van der Waals surface area contributed by atoms with Gasteiger partial charge in [0.05, 0.1) is 18.7 Å². The third-order valence-electron chi connectivity index (χ3n) is 8.13. The zero-order valence-electron chi connectivity index (χ0n) is 21.4. The van der Waals surface area contributed by atoms with E-state index < -0.39 is 5.54 Å². The molecular formula is C30H32N6O2. The fraction of sp³-hybridized carbons (Fsp3) is 0.367. The first-order chi connectivity index (χ1) is 18.7. The van der Waals surface area contributed by atoms with Crippen LogP contribution < -0.4 is 5.32 Å². The molecular weight excluding hydrogens is 476 g/mol. The molecule has 1 aromatic carbocycles. The van der Waals surface area contributed by atoms with Crippen LogP contribution in [0.5, 0.6) is 0 Å². The number of aliphatic imine (C=N–C) groups is 1. The van der Waals surface area contributed by atoms with E-state index in [-0.39, 0.29) is 30.7 Å². The summed E-state index contributed by atoms with van der Waals surface area (Å²) < 4.78 is 0. The Labute approximate surface area is 222 Å². The number of carbonyl (C=O) groups is 2. The van der Waals surface area contributed by atoms with Gasteiger partial charge < -0.3 is 10.2 Å². The molecule has 2 atom stereocenters. The second-order valence-electron chi connectivity index (χ2n) is 10.3. The Morgan fingerprint density at radius 3 is 2.45 bits per heavy atom. The Bertz CT molecular complexity index is 1270. The van der Waals surface area contributed by atoms with Crippen LogP contribution in [0.15, 0.2) is 84.2 Å². The first kappa shape index (κ1) is 24.4. The van der Waals surface area contributed by atoms with Gasteiger partial charge in [0.25, 0.3) is 0 Å². The number of nitrogens with zero attached hydrogens (tertiary/aromatic N) is 5. The number of amides is 1. The van der Waals surface area contributed by atoms with E-state index in [0.717, 1.165) is 37.9 Å². The van der Waals surface area contributed by atoms with E-state index in [4.69, 9.17) is 4.99 Å². The average molecular weight is 509 g/mol. The minimum Gasteiger partial charge on any atom is -0.331 e. The monoisotopic (exact) mass is 508 g/mol. The third kappa shape index (κ3) is 4.49. The van der Waals surface area contributed by atoms with Gasteiger partial charge in [-0.1, -0.05) is 36.4 Å². The maximum atomic E-state index is 13.9. The number of carbonyl (C=O) groups excluding carboxylic acids is 2. The third-order valence-corrected chi connectivity index (χ3v) is 8.13. The lowest BCUT2D eigenvalue weighted by atomic mass is 9.81. The van der Waals surface area contributed by atoms with E-state index in [0.29, 0.717) is 29.7 Å². The van der Waals surface area contributed by atoms with Gasteiger partial charge in [-0.25, -0.2) is 4.99 Å². The highest BCUT2D eigenvalue weighted by atomic mass is 16.2. The van der Waals surface area contributed by atoms with E-state index in [2.05, 4.69) is 20.2 Å². The van der Waals surface area contributed by atoms with E-state index in [1.54, 1.807) is 23.5 Å². The fourth-order valence-electron chi connectivity index (χ4n) is 6.18. The van der Waals surface area contributed by atoms with Crippen molar-refractivity contribution < 1.29 is 9.59 Å². The van der Waals surface area contributed by atoms with E-state index in [1.165, 1.54) is 0 Å². The van der Waals surface area contributed by atoms with Crippen molar-refractivity contribution >= 4 is 17.6 Å². The molecule has 0 saturated carbocycles. The Morgan fingerprint density at radius 1 is 0.947 bits per heavy atom. The predicted octanol–water partition coefficient (Wildman–Crippen LogP) is 3.27. The first-order valence-corrected chi connectivity index (χ1v) is 13.4. The predicted molar refractivity (Wildman–Crippen MR) is 144 cm³/mol. The molecule has 1 amide bonds. The number of ketones is 1. The highest BCUT2D eigenvalue weighted by Crippen LogP contribution is 2.42. The van der Waals surface area contributed by atoms with Crippen molar-refractivity contribution in [2.75, 3.05) is 26.2 Å². The molecule has 3 aromatic rings. The van der Waals surface area contributed by atoms with Gasteiger partial charge in [0.1, 0.15) is 5.54 Å². The van der Waals surface area contributed by atoms with Crippen LogP contribution in [0, 0.1) is 5.92 Å². The SMILES string of the molecule is O=C(CN1C2=NC(c3ccncc3)(c3ccccn3)CC(=O)N2CCC1C1CCNCC1)c1ccccc1. The number of piperidine rings is 1. The second-order valence-corrected chi connectivity index (χ2v) is 10.3. The summed E-state index contributed by atoms with van der Waals surface area (Å²) in [6.07, 6.45) is 8.28. The van der Waals surface area contributed by atoms with Gasteiger partial charge in [0.2, 0.25) is 11.9 Å². The molecule has 1 N–H and O–H groups in total. The zero-order chi connectivity index (χ0) is 26.0. The summed E-state index contributed by atoms with van der Waals surface area (Å²) in [5, 5.41) is 3.46. The maximum Gasteiger partial charge on any atom is 0.232 e. The van der Waals surface area contributed by atoms with Crippen molar-refractivity contribution in [2.45, 2.75) is 37.3 Å². The van der Waals surface area contributed by atoms with E-state index in [1.807, 2.05) is 60.7 Å². The highest BCUT2D eigenvalue weighted by molar-refractivity contribution is 6.04. The van der Waals surface area contributed by atoms with Gasteiger partial charge in [-0.2, -0.15) is 0 Å². The van der Waals surface area contributed by atoms with Crippen molar-refractivity contribution in [1.29, 1.82) is 0 Å². The molecule has 0 spiro atoms. The molecule has 6 rings (SSSR count). The molecule has 2 aromatic heterocycles. The lowest BCUT2D eigenvalue weighted by molar-refractivity contribution is -0.131. The van der Waals surface area contributed by atoms with Crippen LogP contribution >= 0.6 is 0 Å². The standard InChI is InChI=1S/C30H32N6O2/c37-26(23-6-2-1-3-7-23)21-36-25(22-9-15-31-16-10-22)13-19-35-28(38)20-30(34-29(35)36,24-11-17-32-18-12-24)27-8-4-5-14-33-27/h1-8,11-12,14,17-18,22,25,31H,9-10,13,15-16,19-21H2. The normalized spacial score (nSPS) is 24.1. The summed E-state index contributed by atoms with van der Waals surface area (Å²) >= 11 is 0. The quantitative estimate of drug-likeness (QED) is 0.514. The molecule has 5 heterocycles. The molecule has 0 bridgehead atoms. The molecule has 0 radical (unpaired) electrons. The molecule has 3 aliphatic heterocycles. The van der Waals surface area contributed by atoms with Crippen molar-refractivity contribution in [3.8, 4) is 0 Å². The topological polar surface area (TPSA) is 90.8 Å². The minimum absolute atomic E-state index is 0.00149. The fourth-order valence-corrected chi connectivity index (χ4v) is 6.18. The van der Waals surface area contributed by atoms with Crippen LogP contribution in [-0.4, -0.2) is 69.6 Å². The lowest BCUT2D eigenvalue weighted by Gasteiger charge is -2.50. The van der Waals surface area contributed by atoms with Crippen LogP contribution in [0.1, 0.15) is 47.3 Å². The number of pyridine rings is 2. The molecule has 0 aliphatic carbocycles.